The lowest BCUT2D eigenvalue weighted by Crippen LogP contribution is -2.15. The van der Waals surface area contributed by atoms with Crippen molar-refractivity contribution in [3.8, 4) is 5.75 Å². The molecular weight excluding hydrogens is 388 g/mol. The number of hydrogen-bond acceptors (Lipinski definition) is 6. The van der Waals surface area contributed by atoms with Gasteiger partial charge in [-0.15, -0.1) is 11.3 Å². The average Bonchev–Trinajstić information content (AvgIpc) is 2.99. The molecule has 3 rings (SSSR count). The van der Waals surface area contributed by atoms with Gasteiger partial charge in [-0.1, -0.05) is 19.1 Å². The molecule has 0 fully saturated rings. The number of fused-ring (bicyclic) bond motifs is 1. The van der Waals surface area contributed by atoms with Crippen LogP contribution in [-0.2, 0) is 9.53 Å². The van der Waals surface area contributed by atoms with E-state index in [1.165, 1.54) is 11.3 Å². The van der Waals surface area contributed by atoms with Crippen LogP contribution in [0, 0.1) is 13.8 Å². The second kappa shape index (κ2) is 9.05. The van der Waals surface area contributed by atoms with Crippen molar-refractivity contribution in [3.05, 3.63) is 56.4 Å². The minimum absolute atomic E-state index is 0.202. The van der Waals surface area contributed by atoms with E-state index >= 15 is 0 Å². The summed E-state index contributed by atoms with van der Waals surface area (Å²) in [5, 5.41) is 0.567. The van der Waals surface area contributed by atoms with Crippen molar-refractivity contribution in [1.82, 2.24) is 9.97 Å². The summed E-state index contributed by atoms with van der Waals surface area (Å²) in [6.45, 7) is 8.50. The molecule has 0 unspecified atom stereocenters. The number of benzene rings is 1. The van der Waals surface area contributed by atoms with Crippen LogP contribution in [-0.4, -0.2) is 29.2 Å². The summed E-state index contributed by atoms with van der Waals surface area (Å²) in [4.78, 5) is 34.2. The van der Waals surface area contributed by atoms with E-state index in [9.17, 15) is 9.59 Å². The number of H-pyrrole nitrogens is 1. The Kier molecular flexibility index (Phi) is 6.49. The zero-order valence-electron chi connectivity index (χ0n) is 17.0. The van der Waals surface area contributed by atoms with Gasteiger partial charge in [0.1, 0.15) is 22.0 Å². The lowest BCUT2D eigenvalue weighted by molar-refractivity contribution is -0.136. The molecule has 0 bridgehead atoms. The third kappa shape index (κ3) is 4.56. The van der Waals surface area contributed by atoms with E-state index in [1.54, 1.807) is 13.0 Å². The SMILES string of the molecule is CCCOc1ccc(/C=C(\C(=O)OCC)c2nc3sc(C)c(C)c3c(=O)[nH]2)cc1. The molecule has 0 amide bonds. The maximum atomic E-state index is 12.6. The molecule has 2 heterocycles. The van der Waals surface area contributed by atoms with Crippen molar-refractivity contribution >= 4 is 39.2 Å². The van der Waals surface area contributed by atoms with Crippen LogP contribution in [0.2, 0.25) is 0 Å². The Balaban J connectivity index is 2.06. The van der Waals surface area contributed by atoms with Crippen molar-refractivity contribution in [3.63, 3.8) is 0 Å². The highest BCUT2D eigenvalue weighted by atomic mass is 32.1. The number of carbonyl (C=O) groups excluding carboxylic acids is 1. The number of aromatic nitrogens is 2. The van der Waals surface area contributed by atoms with Crippen LogP contribution < -0.4 is 10.3 Å². The van der Waals surface area contributed by atoms with E-state index in [-0.39, 0.29) is 23.6 Å². The van der Waals surface area contributed by atoms with Crippen LogP contribution >= 0.6 is 11.3 Å². The minimum atomic E-state index is -0.536. The molecule has 29 heavy (non-hydrogen) atoms. The number of hydrogen-bond donors (Lipinski definition) is 1. The summed E-state index contributed by atoms with van der Waals surface area (Å²) < 4.78 is 10.8. The van der Waals surface area contributed by atoms with Gasteiger partial charge in [0.05, 0.1) is 18.6 Å². The van der Waals surface area contributed by atoms with E-state index in [0.717, 1.165) is 28.2 Å². The van der Waals surface area contributed by atoms with Crippen molar-refractivity contribution in [2.45, 2.75) is 34.1 Å². The molecule has 1 aromatic carbocycles. The quantitative estimate of drug-likeness (QED) is 0.457. The van der Waals surface area contributed by atoms with Crippen LogP contribution in [0.15, 0.2) is 29.1 Å². The fourth-order valence-electron chi connectivity index (χ4n) is 2.86. The van der Waals surface area contributed by atoms with Crippen molar-refractivity contribution in [2.75, 3.05) is 13.2 Å². The molecule has 0 saturated carbocycles. The van der Waals surface area contributed by atoms with Gasteiger partial charge >= 0.3 is 5.97 Å². The third-order valence-corrected chi connectivity index (χ3v) is 5.55. The number of aromatic amines is 1. The first-order valence-corrected chi connectivity index (χ1v) is 10.4. The van der Waals surface area contributed by atoms with Gasteiger partial charge in [-0.3, -0.25) is 4.79 Å². The first kappa shape index (κ1) is 20.8. The summed E-state index contributed by atoms with van der Waals surface area (Å²) in [6, 6.07) is 7.38. The number of carbonyl (C=O) groups is 1. The molecule has 3 aromatic rings. The predicted octanol–water partition coefficient (Wildman–Crippen LogP) is 4.49. The monoisotopic (exact) mass is 412 g/mol. The molecule has 7 heteroatoms. The van der Waals surface area contributed by atoms with Crippen molar-refractivity contribution in [2.24, 2.45) is 0 Å². The standard InChI is InChI=1S/C22H24N2O4S/c1-5-11-28-16-9-7-15(8-10-16)12-17(22(26)27-6-2)19-23-20(25)18-13(3)14(4)29-21(18)24-19/h7-10,12H,5-6,11H2,1-4H3,(H,23,24,25)/b17-12-. The van der Waals surface area contributed by atoms with E-state index in [0.29, 0.717) is 16.8 Å². The Hall–Kier alpha value is -2.93. The molecule has 0 aliphatic heterocycles. The summed E-state index contributed by atoms with van der Waals surface area (Å²) in [7, 11) is 0. The van der Waals surface area contributed by atoms with E-state index in [4.69, 9.17) is 9.47 Å². The van der Waals surface area contributed by atoms with Crippen LogP contribution in [0.1, 0.15) is 42.1 Å². The van der Waals surface area contributed by atoms with Gasteiger partial charge in [0.2, 0.25) is 0 Å². The Morgan fingerprint density at radius 2 is 1.93 bits per heavy atom. The molecular formula is C22H24N2O4S. The number of aryl methyl sites for hydroxylation is 2. The highest BCUT2D eigenvalue weighted by molar-refractivity contribution is 7.18. The van der Waals surface area contributed by atoms with Gasteiger partial charge in [-0.25, -0.2) is 9.78 Å². The fourth-order valence-corrected chi connectivity index (χ4v) is 3.89. The van der Waals surface area contributed by atoms with Crippen molar-refractivity contribution < 1.29 is 14.3 Å². The largest absolute Gasteiger partial charge is 0.494 e. The van der Waals surface area contributed by atoms with Gasteiger partial charge in [-0.2, -0.15) is 0 Å². The molecule has 152 valence electrons. The Morgan fingerprint density at radius 3 is 2.59 bits per heavy atom. The molecule has 1 N–H and O–H groups in total. The zero-order chi connectivity index (χ0) is 21.0. The first-order chi connectivity index (χ1) is 13.9. The van der Waals surface area contributed by atoms with Crippen LogP contribution in [0.5, 0.6) is 5.75 Å². The minimum Gasteiger partial charge on any atom is -0.494 e. The predicted molar refractivity (Wildman–Crippen MR) is 116 cm³/mol. The Morgan fingerprint density at radius 1 is 1.21 bits per heavy atom. The van der Waals surface area contributed by atoms with Gasteiger partial charge in [0.15, 0.2) is 0 Å². The molecule has 0 aliphatic carbocycles. The summed E-state index contributed by atoms with van der Waals surface area (Å²) in [5.74, 6) is 0.430. The molecule has 6 nitrogen and oxygen atoms in total. The number of thiophene rings is 1. The maximum absolute atomic E-state index is 12.6. The second-order valence-corrected chi connectivity index (χ2v) is 7.78. The number of nitrogens with one attached hydrogen (secondary N) is 1. The van der Waals surface area contributed by atoms with E-state index in [1.807, 2.05) is 45.0 Å². The van der Waals surface area contributed by atoms with Crippen LogP contribution in [0.25, 0.3) is 21.9 Å². The number of rotatable bonds is 7. The average molecular weight is 413 g/mol. The van der Waals surface area contributed by atoms with Crippen LogP contribution in [0.4, 0.5) is 0 Å². The number of esters is 1. The van der Waals surface area contributed by atoms with Crippen molar-refractivity contribution in [1.29, 1.82) is 0 Å². The fraction of sp³-hybridized carbons (Fsp3) is 0.318. The van der Waals surface area contributed by atoms with Gasteiger partial charge in [0, 0.05) is 4.88 Å². The lowest BCUT2D eigenvalue weighted by atomic mass is 10.1. The van der Waals surface area contributed by atoms with E-state index < -0.39 is 5.97 Å². The third-order valence-electron chi connectivity index (χ3n) is 4.45. The molecule has 0 atom stereocenters. The maximum Gasteiger partial charge on any atom is 0.341 e. The molecule has 0 spiro atoms. The normalized spacial score (nSPS) is 11.7. The highest BCUT2D eigenvalue weighted by Gasteiger charge is 2.19. The molecule has 0 saturated heterocycles. The van der Waals surface area contributed by atoms with Gasteiger partial charge in [0.25, 0.3) is 5.56 Å². The lowest BCUT2D eigenvalue weighted by Gasteiger charge is -2.08. The summed E-state index contributed by atoms with van der Waals surface area (Å²) >= 11 is 1.44. The molecule has 2 aromatic heterocycles. The molecule has 0 radical (unpaired) electrons. The number of ether oxygens (including phenoxy) is 2. The Bertz CT molecular complexity index is 1110. The summed E-state index contributed by atoms with van der Waals surface area (Å²) in [5.41, 5.74) is 1.63. The topological polar surface area (TPSA) is 81.3 Å². The highest BCUT2D eigenvalue weighted by Crippen LogP contribution is 2.27. The van der Waals surface area contributed by atoms with Crippen LogP contribution in [0.3, 0.4) is 0 Å². The number of nitrogens with zero attached hydrogens (tertiary/aromatic N) is 1. The van der Waals surface area contributed by atoms with E-state index in [2.05, 4.69) is 9.97 Å². The zero-order valence-corrected chi connectivity index (χ0v) is 17.8. The smallest absolute Gasteiger partial charge is 0.341 e. The van der Waals surface area contributed by atoms with Gasteiger partial charge in [-0.05, 0) is 56.5 Å². The second-order valence-electron chi connectivity index (χ2n) is 6.57. The molecule has 0 aliphatic rings. The Labute approximate surface area is 173 Å². The summed E-state index contributed by atoms with van der Waals surface area (Å²) in [6.07, 6.45) is 2.59. The first-order valence-electron chi connectivity index (χ1n) is 9.56. The van der Waals surface area contributed by atoms with Gasteiger partial charge < -0.3 is 14.5 Å².